The van der Waals surface area contributed by atoms with Crippen LogP contribution in [0.25, 0.3) is 0 Å². The number of piperidine rings is 1. The first kappa shape index (κ1) is 18.9. The monoisotopic (exact) mass is 369 g/mol. The number of hydrogen-bond acceptors (Lipinski definition) is 3. The van der Waals surface area contributed by atoms with Gasteiger partial charge in [-0.2, -0.15) is 0 Å². The maximum absolute atomic E-state index is 12.5. The first-order chi connectivity index (χ1) is 13.2. The Kier molecular flexibility index (Phi) is 6.14. The number of nitrogens with zero attached hydrogens (tertiary/aromatic N) is 3. The zero-order valence-corrected chi connectivity index (χ0v) is 16.9. The predicted octanol–water partition coefficient (Wildman–Crippen LogP) is 2.81. The lowest BCUT2D eigenvalue weighted by molar-refractivity contribution is -0.133. The first-order valence-electron chi connectivity index (χ1n) is 11.0. The molecule has 2 aliphatic heterocycles. The van der Waals surface area contributed by atoms with Gasteiger partial charge in [-0.15, -0.1) is 0 Å². The van der Waals surface area contributed by atoms with Crippen LogP contribution in [0.15, 0.2) is 24.3 Å². The lowest BCUT2D eigenvalue weighted by Gasteiger charge is -2.37. The summed E-state index contributed by atoms with van der Waals surface area (Å²) in [6, 6.07) is 9.65. The fourth-order valence-corrected chi connectivity index (χ4v) is 5.20. The third-order valence-electron chi connectivity index (χ3n) is 7.13. The molecule has 148 valence electrons. The highest BCUT2D eigenvalue weighted by atomic mass is 16.2. The number of rotatable bonds is 5. The molecule has 0 atom stereocenters. The van der Waals surface area contributed by atoms with Crippen LogP contribution < -0.4 is 0 Å². The molecule has 0 unspecified atom stereocenters. The standard InChI is InChI=1S/C23H35N3O/c1-2-24-13-15-26(16-14-24)23(27)8-7-19-9-11-25(12-10-19)22-17-20-5-3-4-6-21(20)18-22/h3-6,19,22H,2,7-18H2,1H3. The Morgan fingerprint density at radius 2 is 1.59 bits per heavy atom. The average Bonchev–Trinajstić information content (AvgIpc) is 3.17. The summed E-state index contributed by atoms with van der Waals surface area (Å²) < 4.78 is 0. The summed E-state index contributed by atoms with van der Waals surface area (Å²) in [5.41, 5.74) is 3.11. The van der Waals surface area contributed by atoms with E-state index in [9.17, 15) is 4.79 Å². The fourth-order valence-electron chi connectivity index (χ4n) is 5.20. The zero-order valence-electron chi connectivity index (χ0n) is 16.9. The summed E-state index contributed by atoms with van der Waals surface area (Å²) in [7, 11) is 0. The maximum Gasteiger partial charge on any atom is 0.222 e. The van der Waals surface area contributed by atoms with Crippen LogP contribution in [0, 0.1) is 5.92 Å². The molecule has 4 rings (SSSR count). The van der Waals surface area contributed by atoms with Crippen molar-refractivity contribution in [3.63, 3.8) is 0 Å². The third kappa shape index (κ3) is 4.55. The van der Waals surface area contributed by atoms with Gasteiger partial charge in [-0.3, -0.25) is 9.69 Å². The molecule has 0 bridgehead atoms. The average molecular weight is 370 g/mol. The number of likely N-dealkylation sites (tertiary alicyclic amines) is 1. The van der Waals surface area contributed by atoms with E-state index >= 15 is 0 Å². The van der Waals surface area contributed by atoms with Gasteiger partial charge in [0.15, 0.2) is 0 Å². The van der Waals surface area contributed by atoms with Gasteiger partial charge in [0.1, 0.15) is 0 Å². The number of hydrogen-bond donors (Lipinski definition) is 0. The summed E-state index contributed by atoms with van der Waals surface area (Å²) in [6.07, 6.45) is 6.83. The van der Waals surface area contributed by atoms with E-state index < -0.39 is 0 Å². The van der Waals surface area contributed by atoms with Crippen molar-refractivity contribution in [2.24, 2.45) is 5.92 Å². The van der Waals surface area contributed by atoms with Gasteiger partial charge in [-0.25, -0.2) is 0 Å². The molecular weight excluding hydrogens is 334 g/mol. The van der Waals surface area contributed by atoms with Crippen LogP contribution >= 0.6 is 0 Å². The molecule has 1 aliphatic carbocycles. The Balaban J connectivity index is 1.17. The normalized spacial score (nSPS) is 22.9. The Labute approximate surface area is 164 Å². The zero-order chi connectivity index (χ0) is 18.6. The van der Waals surface area contributed by atoms with Crippen molar-refractivity contribution in [3.05, 3.63) is 35.4 Å². The molecule has 2 fully saturated rings. The van der Waals surface area contributed by atoms with Crippen LogP contribution in [0.5, 0.6) is 0 Å². The summed E-state index contributed by atoms with van der Waals surface area (Å²) in [5.74, 6) is 1.13. The van der Waals surface area contributed by atoms with Crippen molar-refractivity contribution >= 4 is 5.91 Å². The minimum absolute atomic E-state index is 0.388. The van der Waals surface area contributed by atoms with Gasteiger partial charge in [0.2, 0.25) is 5.91 Å². The summed E-state index contributed by atoms with van der Waals surface area (Å²) in [6.45, 7) is 9.68. The van der Waals surface area contributed by atoms with E-state index in [1.54, 1.807) is 11.1 Å². The summed E-state index contributed by atoms with van der Waals surface area (Å²) >= 11 is 0. The second-order valence-electron chi connectivity index (χ2n) is 8.66. The van der Waals surface area contributed by atoms with E-state index in [0.29, 0.717) is 11.9 Å². The van der Waals surface area contributed by atoms with Crippen molar-refractivity contribution in [2.45, 2.75) is 51.5 Å². The highest BCUT2D eigenvalue weighted by Crippen LogP contribution is 2.30. The minimum Gasteiger partial charge on any atom is -0.340 e. The van der Waals surface area contributed by atoms with Gasteiger partial charge >= 0.3 is 0 Å². The number of likely N-dealkylation sites (N-methyl/N-ethyl adjacent to an activating group) is 1. The lowest BCUT2D eigenvalue weighted by atomic mass is 9.91. The van der Waals surface area contributed by atoms with Crippen molar-refractivity contribution < 1.29 is 4.79 Å². The van der Waals surface area contributed by atoms with Gasteiger partial charge in [0, 0.05) is 38.6 Å². The van der Waals surface area contributed by atoms with Gasteiger partial charge in [0.05, 0.1) is 0 Å². The molecule has 4 heteroatoms. The lowest BCUT2D eigenvalue weighted by Crippen LogP contribution is -2.48. The molecule has 0 aromatic heterocycles. The Hall–Kier alpha value is -1.39. The van der Waals surface area contributed by atoms with Crippen LogP contribution in [-0.4, -0.2) is 72.5 Å². The van der Waals surface area contributed by atoms with Crippen molar-refractivity contribution in [1.82, 2.24) is 14.7 Å². The van der Waals surface area contributed by atoms with E-state index in [4.69, 9.17) is 0 Å². The quantitative estimate of drug-likeness (QED) is 0.799. The maximum atomic E-state index is 12.5. The third-order valence-corrected chi connectivity index (χ3v) is 7.13. The van der Waals surface area contributed by atoms with E-state index in [-0.39, 0.29) is 0 Å². The Bertz CT molecular complexity index is 605. The molecule has 0 saturated carbocycles. The van der Waals surface area contributed by atoms with Gasteiger partial charge < -0.3 is 9.80 Å². The van der Waals surface area contributed by atoms with E-state index in [2.05, 4.69) is 45.9 Å². The Morgan fingerprint density at radius 3 is 2.19 bits per heavy atom. The number of amides is 1. The number of carbonyl (C=O) groups excluding carboxylic acids is 1. The largest absolute Gasteiger partial charge is 0.340 e. The molecule has 0 N–H and O–H groups in total. The van der Waals surface area contributed by atoms with Crippen LogP contribution in [0.4, 0.5) is 0 Å². The SMILES string of the molecule is CCN1CCN(C(=O)CCC2CCN(C3Cc4ccccc4C3)CC2)CC1. The van der Waals surface area contributed by atoms with Crippen molar-refractivity contribution in [1.29, 1.82) is 0 Å². The minimum atomic E-state index is 0.388. The van der Waals surface area contributed by atoms with Crippen molar-refractivity contribution in [3.8, 4) is 0 Å². The number of benzene rings is 1. The molecule has 0 spiro atoms. The molecule has 27 heavy (non-hydrogen) atoms. The van der Waals surface area contributed by atoms with Crippen LogP contribution in [0.1, 0.15) is 43.7 Å². The van der Waals surface area contributed by atoms with Crippen molar-refractivity contribution in [2.75, 3.05) is 45.8 Å². The first-order valence-corrected chi connectivity index (χ1v) is 11.0. The predicted molar refractivity (Wildman–Crippen MR) is 110 cm³/mol. The Morgan fingerprint density at radius 1 is 0.963 bits per heavy atom. The molecule has 2 saturated heterocycles. The van der Waals surface area contributed by atoms with E-state index in [1.807, 2.05) is 0 Å². The van der Waals surface area contributed by atoms with E-state index in [1.165, 1.54) is 38.8 Å². The second-order valence-corrected chi connectivity index (χ2v) is 8.66. The molecule has 4 nitrogen and oxygen atoms in total. The molecule has 0 radical (unpaired) electrons. The van der Waals surface area contributed by atoms with Crippen LogP contribution in [0.2, 0.25) is 0 Å². The summed E-state index contributed by atoms with van der Waals surface area (Å²) in [5, 5.41) is 0. The van der Waals surface area contributed by atoms with E-state index in [0.717, 1.165) is 51.5 Å². The highest BCUT2D eigenvalue weighted by Gasteiger charge is 2.30. The number of piperazine rings is 1. The molecular formula is C23H35N3O. The smallest absolute Gasteiger partial charge is 0.222 e. The molecule has 1 amide bonds. The fraction of sp³-hybridized carbons (Fsp3) is 0.696. The number of fused-ring (bicyclic) bond motifs is 1. The topological polar surface area (TPSA) is 26.8 Å². The highest BCUT2D eigenvalue weighted by molar-refractivity contribution is 5.76. The van der Waals surface area contributed by atoms with Crippen LogP contribution in [0.3, 0.4) is 0 Å². The van der Waals surface area contributed by atoms with Gasteiger partial charge in [-0.05, 0) is 68.8 Å². The molecule has 1 aromatic carbocycles. The second kappa shape index (κ2) is 8.74. The molecule has 3 aliphatic rings. The van der Waals surface area contributed by atoms with Gasteiger partial charge in [0.25, 0.3) is 0 Å². The number of carbonyl (C=O) groups is 1. The van der Waals surface area contributed by atoms with Gasteiger partial charge in [-0.1, -0.05) is 31.2 Å². The van der Waals surface area contributed by atoms with Crippen LogP contribution in [-0.2, 0) is 17.6 Å². The molecule has 2 heterocycles. The summed E-state index contributed by atoms with van der Waals surface area (Å²) in [4.78, 5) is 19.8. The molecule has 1 aromatic rings.